The number of hydrogen-bond donors (Lipinski definition) is 1. The molecule has 0 bridgehead atoms. The molecule has 2 heterocycles. The Morgan fingerprint density at radius 2 is 1.80 bits per heavy atom. The lowest BCUT2D eigenvalue weighted by molar-refractivity contribution is -0.892. The number of carbonyl (C=O) groups excluding carboxylic acids is 1. The molecule has 6 heteroatoms. The van der Waals surface area contributed by atoms with Gasteiger partial charge < -0.3 is 14.7 Å². The van der Waals surface area contributed by atoms with Gasteiger partial charge in [-0.05, 0) is 18.6 Å². The van der Waals surface area contributed by atoms with Crippen LogP contribution in [0.2, 0.25) is 0 Å². The molecule has 1 fully saturated rings. The van der Waals surface area contributed by atoms with Crippen LogP contribution in [0.3, 0.4) is 0 Å². The molecule has 0 radical (unpaired) electrons. The van der Waals surface area contributed by atoms with Gasteiger partial charge in [-0.3, -0.25) is 4.79 Å². The van der Waals surface area contributed by atoms with Crippen molar-refractivity contribution in [2.24, 2.45) is 0 Å². The number of benzene rings is 1. The van der Waals surface area contributed by atoms with Gasteiger partial charge in [-0.2, -0.15) is 0 Å². The Bertz CT molecular complexity index is 671. The second-order valence-corrected chi connectivity index (χ2v) is 6.55. The smallest absolute Gasteiger partial charge is 0.278 e. The number of hydrogen-bond acceptors (Lipinski definition) is 4. The molecule has 1 saturated heterocycles. The van der Waals surface area contributed by atoms with E-state index in [1.165, 1.54) is 10.5 Å². The van der Waals surface area contributed by atoms with Crippen LogP contribution in [0.5, 0.6) is 0 Å². The Kier molecular flexibility index (Phi) is 5.60. The quantitative estimate of drug-likeness (QED) is 0.856. The van der Waals surface area contributed by atoms with E-state index >= 15 is 0 Å². The average Bonchev–Trinajstić information content (AvgIpc) is 2.68. The van der Waals surface area contributed by atoms with Crippen molar-refractivity contribution in [1.82, 2.24) is 14.9 Å². The largest absolute Gasteiger partial charge is 0.334 e. The number of piperazine rings is 1. The fourth-order valence-corrected chi connectivity index (χ4v) is 3.16. The zero-order valence-corrected chi connectivity index (χ0v) is 14.9. The fraction of sp³-hybridized carbons (Fsp3) is 0.421. The third-order valence-electron chi connectivity index (χ3n) is 4.96. The number of quaternary nitrogens is 1. The third kappa shape index (κ3) is 4.33. The summed E-state index contributed by atoms with van der Waals surface area (Å²) in [5, 5.41) is 0. The number of carbonyl (C=O) groups is 1. The third-order valence-corrected chi connectivity index (χ3v) is 4.96. The van der Waals surface area contributed by atoms with Crippen LogP contribution in [0.15, 0.2) is 48.8 Å². The molecule has 0 spiro atoms. The molecule has 6 nitrogen and oxygen atoms in total. The number of likely N-dealkylation sites (N-methyl/N-ethyl adjacent to an activating group) is 1. The number of nitrogens with zero attached hydrogens (tertiary/aromatic N) is 4. The molecule has 25 heavy (non-hydrogen) atoms. The lowest BCUT2D eigenvalue weighted by Gasteiger charge is -2.33. The van der Waals surface area contributed by atoms with Crippen LogP contribution in [-0.2, 0) is 4.79 Å². The first-order valence-corrected chi connectivity index (χ1v) is 8.81. The molecule has 0 saturated carbocycles. The highest BCUT2D eigenvalue weighted by molar-refractivity contribution is 5.77. The first kappa shape index (κ1) is 17.4. The number of anilines is 1. The maximum atomic E-state index is 12.6. The van der Waals surface area contributed by atoms with Gasteiger partial charge in [0.05, 0.1) is 32.2 Å². The number of aromatic nitrogens is 2. The van der Waals surface area contributed by atoms with Crippen molar-refractivity contribution in [1.29, 1.82) is 0 Å². The summed E-state index contributed by atoms with van der Waals surface area (Å²) >= 11 is 0. The lowest BCUT2D eigenvalue weighted by Crippen LogP contribution is -3.15. The molecule has 0 aliphatic carbocycles. The van der Waals surface area contributed by atoms with Crippen molar-refractivity contribution in [2.75, 3.05) is 44.7 Å². The van der Waals surface area contributed by atoms with Gasteiger partial charge >= 0.3 is 0 Å². The zero-order valence-electron chi connectivity index (χ0n) is 14.9. The van der Waals surface area contributed by atoms with E-state index in [1.54, 1.807) is 12.4 Å². The predicted molar refractivity (Wildman–Crippen MR) is 97.4 cm³/mol. The van der Waals surface area contributed by atoms with Crippen molar-refractivity contribution in [3.63, 3.8) is 0 Å². The van der Waals surface area contributed by atoms with Crippen LogP contribution >= 0.6 is 0 Å². The van der Waals surface area contributed by atoms with E-state index in [0.29, 0.717) is 6.54 Å². The number of rotatable bonds is 5. The van der Waals surface area contributed by atoms with Crippen LogP contribution in [0.25, 0.3) is 0 Å². The minimum Gasteiger partial charge on any atom is -0.334 e. The summed E-state index contributed by atoms with van der Waals surface area (Å²) in [5.74, 6) is 0.971. The van der Waals surface area contributed by atoms with E-state index in [0.717, 1.165) is 32.1 Å². The molecular formula is C19H26N5O+. The maximum absolute atomic E-state index is 12.6. The monoisotopic (exact) mass is 340 g/mol. The second kappa shape index (κ2) is 8.07. The molecule has 3 rings (SSSR count). The van der Waals surface area contributed by atoms with E-state index in [-0.39, 0.29) is 11.9 Å². The van der Waals surface area contributed by atoms with Crippen LogP contribution < -0.4 is 9.80 Å². The predicted octanol–water partition coefficient (Wildman–Crippen LogP) is 0.401. The van der Waals surface area contributed by atoms with E-state index in [9.17, 15) is 4.79 Å². The average molecular weight is 340 g/mol. The highest BCUT2D eigenvalue weighted by Gasteiger charge is 2.26. The van der Waals surface area contributed by atoms with Crippen LogP contribution in [-0.4, -0.2) is 60.5 Å². The fourth-order valence-electron chi connectivity index (χ4n) is 3.16. The van der Waals surface area contributed by atoms with Crippen LogP contribution in [0.1, 0.15) is 18.5 Å². The van der Waals surface area contributed by atoms with Crippen molar-refractivity contribution in [3.8, 4) is 0 Å². The van der Waals surface area contributed by atoms with E-state index < -0.39 is 0 Å². The number of nitrogens with one attached hydrogen (secondary N) is 1. The maximum Gasteiger partial charge on any atom is 0.278 e. The molecule has 1 aromatic heterocycles. The Labute approximate surface area is 149 Å². The lowest BCUT2D eigenvalue weighted by atomic mass is 10.1. The van der Waals surface area contributed by atoms with Crippen LogP contribution in [0.4, 0.5) is 5.95 Å². The molecule has 2 aromatic rings. The van der Waals surface area contributed by atoms with Gasteiger partial charge in [0.25, 0.3) is 5.91 Å². The summed E-state index contributed by atoms with van der Waals surface area (Å²) < 4.78 is 0. The van der Waals surface area contributed by atoms with Crippen molar-refractivity contribution < 1.29 is 9.69 Å². The van der Waals surface area contributed by atoms with Crippen molar-refractivity contribution in [2.45, 2.75) is 13.0 Å². The molecular weight excluding hydrogens is 314 g/mol. The Hall–Kier alpha value is -2.47. The Morgan fingerprint density at radius 1 is 1.16 bits per heavy atom. The molecule has 1 amide bonds. The van der Waals surface area contributed by atoms with Crippen LogP contribution in [0, 0.1) is 0 Å². The van der Waals surface area contributed by atoms with Gasteiger partial charge in [-0.25, -0.2) is 9.97 Å². The summed E-state index contributed by atoms with van der Waals surface area (Å²) in [6.45, 7) is 6.23. The molecule has 1 aliphatic rings. The second-order valence-electron chi connectivity index (χ2n) is 6.55. The highest BCUT2D eigenvalue weighted by atomic mass is 16.2. The summed E-state index contributed by atoms with van der Waals surface area (Å²) in [6.07, 6.45) is 3.54. The Balaban J connectivity index is 1.50. The van der Waals surface area contributed by atoms with Gasteiger partial charge in [0.1, 0.15) is 0 Å². The molecule has 0 unspecified atom stereocenters. The minimum atomic E-state index is 0.0899. The SMILES string of the molecule is C[C@@H](c1ccccc1)N(C)C(=O)C[NH+]1CCN(c2ncccn2)CC1. The molecule has 1 aromatic carbocycles. The van der Waals surface area contributed by atoms with E-state index in [2.05, 4.69) is 33.9 Å². The zero-order chi connectivity index (χ0) is 17.6. The molecule has 1 atom stereocenters. The topological polar surface area (TPSA) is 53.8 Å². The van der Waals surface area contributed by atoms with Crippen molar-refractivity contribution in [3.05, 3.63) is 54.4 Å². The van der Waals surface area contributed by atoms with Gasteiger partial charge in [0, 0.05) is 19.4 Å². The van der Waals surface area contributed by atoms with E-state index in [4.69, 9.17) is 0 Å². The first-order valence-electron chi connectivity index (χ1n) is 8.81. The van der Waals surface area contributed by atoms with Gasteiger partial charge in [-0.15, -0.1) is 0 Å². The summed E-state index contributed by atoms with van der Waals surface area (Å²) in [7, 11) is 1.90. The highest BCUT2D eigenvalue weighted by Crippen LogP contribution is 2.17. The molecule has 1 N–H and O–H groups in total. The Morgan fingerprint density at radius 3 is 2.44 bits per heavy atom. The molecule has 1 aliphatic heterocycles. The van der Waals surface area contributed by atoms with E-state index in [1.807, 2.05) is 36.2 Å². The van der Waals surface area contributed by atoms with Gasteiger partial charge in [0.2, 0.25) is 5.95 Å². The van der Waals surface area contributed by atoms with Gasteiger partial charge in [0.15, 0.2) is 6.54 Å². The minimum absolute atomic E-state index is 0.0899. The molecule has 132 valence electrons. The van der Waals surface area contributed by atoms with Gasteiger partial charge in [-0.1, -0.05) is 30.3 Å². The summed E-state index contributed by atoms with van der Waals surface area (Å²) in [5.41, 5.74) is 1.17. The summed E-state index contributed by atoms with van der Waals surface area (Å²) in [6, 6.07) is 12.1. The number of amides is 1. The standard InChI is InChI=1S/C19H25N5O/c1-16(17-7-4-3-5-8-17)22(2)18(25)15-23-11-13-24(14-12-23)19-20-9-6-10-21-19/h3-10,16H,11-15H2,1-2H3/p+1/t16-/m0/s1. The normalized spacial score (nSPS) is 16.5. The first-order chi connectivity index (χ1) is 12.1. The summed E-state index contributed by atoms with van der Waals surface area (Å²) in [4.78, 5) is 26.6. The van der Waals surface area contributed by atoms with Crippen molar-refractivity contribution >= 4 is 11.9 Å².